The van der Waals surface area contributed by atoms with Crippen LogP contribution in [0.3, 0.4) is 0 Å². The molecule has 0 saturated carbocycles. The summed E-state index contributed by atoms with van der Waals surface area (Å²) in [6, 6.07) is 17.1. The largest absolute Gasteiger partial charge is 0.489 e. The number of carbonyl (C=O) groups is 1. The fraction of sp³-hybridized carbons (Fsp3) is 0.130. The predicted octanol–water partition coefficient (Wildman–Crippen LogP) is 5.35. The van der Waals surface area contributed by atoms with Crippen molar-refractivity contribution in [3.8, 4) is 0 Å². The van der Waals surface area contributed by atoms with E-state index in [0.717, 1.165) is 35.3 Å². The van der Waals surface area contributed by atoms with Crippen LogP contribution in [-0.4, -0.2) is 11.7 Å². The van der Waals surface area contributed by atoms with Gasteiger partial charge < -0.3 is 9.57 Å². The first kappa shape index (κ1) is 18.3. The SMILES string of the molecule is O=C1ON=C(c2ccccc2)/C1=C/C1=C(OCc2ccc(Cl)cc2)C=CCC1. The second-order valence-electron chi connectivity index (χ2n) is 6.49. The summed E-state index contributed by atoms with van der Waals surface area (Å²) in [5.74, 6) is 0.304. The van der Waals surface area contributed by atoms with Gasteiger partial charge in [-0.2, -0.15) is 0 Å². The van der Waals surface area contributed by atoms with Crippen molar-refractivity contribution in [1.29, 1.82) is 0 Å². The summed E-state index contributed by atoms with van der Waals surface area (Å²) in [6.45, 7) is 0.424. The van der Waals surface area contributed by atoms with Gasteiger partial charge in [-0.3, -0.25) is 0 Å². The number of halogens is 1. The average molecular weight is 392 g/mol. The molecule has 0 aromatic heterocycles. The lowest BCUT2D eigenvalue weighted by Gasteiger charge is -2.15. The van der Waals surface area contributed by atoms with Crippen molar-refractivity contribution in [2.45, 2.75) is 19.4 Å². The predicted molar refractivity (Wildman–Crippen MR) is 109 cm³/mol. The number of ether oxygens (including phenoxy) is 1. The van der Waals surface area contributed by atoms with Gasteiger partial charge in [0.25, 0.3) is 0 Å². The Bertz CT molecular complexity index is 1000. The third-order valence-corrected chi connectivity index (χ3v) is 4.79. The van der Waals surface area contributed by atoms with Crippen LogP contribution in [0.15, 0.2) is 94.9 Å². The molecule has 0 amide bonds. The van der Waals surface area contributed by atoms with E-state index in [1.54, 1.807) is 0 Å². The van der Waals surface area contributed by atoms with E-state index < -0.39 is 5.97 Å². The standard InChI is InChI=1S/C23H18ClNO3/c24-19-12-10-16(11-13-19)15-27-21-9-5-4-8-18(21)14-20-22(25-28-23(20)26)17-6-2-1-3-7-17/h1-3,5-7,9-14H,4,8,15H2/b20-14-. The van der Waals surface area contributed by atoms with Crippen LogP contribution < -0.4 is 0 Å². The molecule has 0 fully saturated rings. The molecule has 0 saturated heterocycles. The van der Waals surface area contributed by atoms with E-state index in [1.807, 2.05) is 66.7 Å². The summed E-state index contributed by atoms with van der Waals surface area (Å²) in [4.78, 5) is 17.2. The van der Waals surface area contributed by atoms with Gasteiger partial charge in [0, 0.05) is 10.6 Å². The summed E-state index contributed by atoms with van der Waals surface area (Å²) in [5, 5.41) is 4.66. The number of rotatable bonds is 5. The van der Waals surface area contributed by atoms with E-state index >= 15 is 0 Å². The number of allylic oxidation sites excluding steroid dienone is 4. The minimum absolute atomic E-state index is 0.424. The molecule has 0 radical (unpaired) electrons. The van der Waals surface area contributed by atoms with Crippen molar-refractivity contribution in [2.24, 2.45) is 5.16 Å². The Morgan fingerprint density at radius 2 is 1.89 bits per heavy atom. The van der Waals surface area contributed by atoms with Gasteiger partial charge in [-0.1, -0.05) is 65.3 Å². The van der Waals surface area contributed by atoms with Gasteiger partial charge in [-0.25, -0.2) is 4.79 Å². The summed E-state index contributed by atoms with van der Waals surface area (Å²) in [6.07, 6.45) is 7.52. The molecular weight excluding hydrogens is 374 g/mol. The number of benzene rings is 2. The molecule has 0 bridgehead atoms. The molecule has 1 aliphatic carbocycles. The van der Waals surface area contributed by atoms with E-state index in [-0.39, 0.29) is 0 Å². The Labute approximate surface area is 168 Å². The number of hydrogen-bond acceptors (Lipinski definition) is 4. The molecule has 0 N–H and O–H groups in total. The molecule has 2 aliphatic rings. The third kappa shape index (κ3) is 4.07. The van der Waals surface area contributed by atoms with Crippen molar-refractivity contribution in [2.75, 3.05) is 0 Å². The van der Waals surface area contributed by atoms with E-state index in [9.17, 15) is 4.79 Å². The minimum atomic E-state index is -0.446. The minimum Gasteiger partial charge on any atom is -0.489 e. The van der Waals surface area contributed by atoms with Gasteiger partial charge in [-0.15, -0.1) is 0 Å². The average Bonchev–Trinajstić information content (AvgIpc) is 3.09. The van der Waals surface area contributed by atoms with Crippen LogP contribution in [0.2, 0.25) is 5.02 Å². The first-order chi connectivity index (χ1) is 13.7. The van der Waals surface area contributed by atoms with Crippen molar-refractivity contribution in [3.05, 3.63) is 106 Å². The quantitative estimate of drug-likeness (QED) is 0.510. The zero-order valence-electron chi connectivity index (χ0n) is 15.1. The van der Waals surface area contributed by atoms with Crippen molar-refractivity contribution >= 4 is 23.3 Å². The molecule has 140 valence electrons. The van der Waals surface area contributed by atoms with Gasteiger partial charge in [-0.05, 0) is 48.3 Å². The summed E-state index contributed by atoms with van der Waals surface area (Å²) in [7, 11) is 0. The highest BCUT2D eigenvalue weighted by Gasteiger charge is 2.27. The van der Waals surface area contributed by atoms with E-state index in [0.29, 0.717) is 22.9 Å². The Hall–Kier alpha value is -3.11. The van der Waals surface area contributed by atoms with Crippen LogP contribution in [0.5, 0.6) is 0 Å². The molecule has 0 atom stereocenters. The zero-order chi connectivity index (χ0) is 19.3. The Balaban J connectivity index is 1.61. The Morgan fingerprint density at radius 3 is 2.68 bits per heavy atom. The second kappa shape index (κ2) is 8.28. The fourth-order valence-electron chi connectivity index (χ4n) is 3.07. The van der Waals surface area contributed by atoms with Crippen molar-refractivity contribution in [1.82, 2.24) is 0 Å². The van der Waals surface area contributed by atoms with E-state index in [1.165, 1.54) is 0 Å². The molecule has 2 aromatic rings. The summed E-state index contributed by atoms with van der Waals surface area (Å²) < 4.78 is 6.02. The third-order valence-electron chi connectivity index (χ3n) is 4.53. The molecule has 0 spiro atoms. The second-order valence-corrected chi connectivity index (χ2v) is 6.92. The van der Waals surface area contributed by atoms with Crippen LogP contribution in [0, 0.1) is 0 Å². The number of oxime groups is 1. The molecule has 4 rings (SSSR count). The van der Waals surface area contributed by atoms with Crippen LogP contribution in [-0.2, 0) is 21.0 Å². The maximum absolute atomic E-state index is 12.3. The van der Waals surface area contributed by atoms with Crippen LogP contribution >= 0.6 is 11.6 Å². The highest BCUT2D eigenvalue weighted by molar-refractivity contribution is 6.30. The molecule has 4 nitrogen and oxygen atoms in total. The van der Waals surface area contributed by atoms with Crippen molar-refractivity contribution in [3.63, 3.8) is 0 Å². The van der Waals surface area contributed by atoms with E-state index in [4.69, 9.17) is 21.2 Å². The van der Waals surface area contributed by atoms with Gasteiger partial charge in [0.1, 0.15) is 18.1 Å². The topological polar surface area (TPSA) is 47.9 Å². The van der Waals surface area contributed by atoms with Crippen LogP contribution in [0.1, 0.15) is 24.0 Å². The molecule has 1 heterocycles. The van der Waals surface area contributed by atoms with Gasteiger partial charge >= 0.3 is 5.97 Å². The van der Waals surface area contributed by atoms with Crippen LogP contribution in [0.4, 0.5) is 0 Å². The van der Waals surface area contributed by atoms with Gasteiger partial charge in [0.2, 0.25) is 0 Å². The molecular formula is C23H18ClNO3. The summed E-state index contributed by atoms with van der Waals surface area (Å²) >= 11 is 5.93. The highest BCUT2D eigenvalue weighted by Crippen LogP contribution is 2.27. The number of nitrogens with zero attached hydrogens (tertiary/aromatic N) is 1. The molecule has 1 aliphatic heterocycles. The van der Waals surface area contributed by atoms with Gasteiger partial charge in [0.15, 0.2) is 0 Å². The Kier molecular flexibility index (Phi) is 5.40. The lowest BCUT2D eigenvalue weighted by atomic mass is 9.96. The van der Waals surface area contributed by atoms with Crippen LogP contribution in [0.25, 0.3) is 0 Å². The highest BCUT2D eigenvalue weighted by atomic mass is 35.5. The first-order valence-electron chi connectivity index (χ1n) is 9.04. The van der Waals surface area contributed by atoms with E-state index in [2.05, 4.69) is 11.2 Å². The molecule has 2 aromatic carbocycles. The lowest BCUT2D eigenvalue weighted by molar-refractivity contribution is -0.136. The van der Waals surface area contributed by atoms with Crippen molar-refractivity contribution < 1.29 is 14.4 Å². The molecule has 0 unspecified atom stereocenters. The molecule has 5 heteroatoms. The monoisotopic (exact) mass is 391 g/mol. The number of carbonyl (C=O) groups excluding carboxylic acids is 1. The summed E-state index contributed by atoms with van der Waals surface area (Å²) in [5.41, 5.74) is 3.81. The maximum Gasteiger partial charge on any atom is 0.368 e. The fourth-order valence-corrected chi connectivity index (χ4v) is 3.20. The molecule has 28 heavy (non-hydrogen) atoms. The normalized spacial score (nSPS) is 17.7. The maximum atomic E-state index is 12.3. The van der Waals surface area contributed by atoms with Gasteiger partial charge in [0.05, 0.1) is 5.57 Å². The zero-order valence-corrected chi connectivity index (χ0v) is 15.9. The number of hydrogen-bond donors (Lipinski definition) is 0. The first-order valence-corrected chi connectivity index (χ1v) is 9.42. The lowest BCUT2D eigenvalue weighted by Crippen LogP contribution is -2.08. The Morgan fingerprint density at radius 1 is 1.11 bits per heavy atom. The smallest absolute Gasteiger partial charge is 0.368 e.